The number of hydrogen-bond donors (Lipinski definition) is 4. The third-order valence-corrected chi connectivity index (χ3v) is 13.8. The van der Waals surface area contributed by atoms with Gasteiger partial charge >= 0.3 is 11.7 Å². The topological polar surface area (TPSA) is 194 Å². The van der Waals surface area contributed by atoms with Crippen molar-refractivity contribution in [1.29, 1.82) is 0 Å². The third-order valence-electron chi connectivity index (χ3n) is 13.8. The summed E-state index contributed by atoms with van der Waals surface area (Å²) in [4.78, 5) is 36.4. The zero-order valence-electron chi connectivity index (χ0n) is 32.6. The summed E-state index contributed by atoms with van der Waals surface area (Å²) in [7, 11) is 0. The number of ether oxygens (including phenoxy) is 3. The Morgan fingerprint density at radius 3 is 2.44 bits per heavy atom. The van der Waals surface area contributed by atoms with Crippen molar-refractivity contribution in [3.05, 3.63) is 22.2 Å². The fourth-order valence-electron chi connectivity index (χ4n) is 11.2. The van der Waals surface area contributed by atoms with E-state index in [4.69, 9.17) is 24.6 Å². The van der Waals surface area contributed by atoms with E-state index in [9.17, 15) is 19.7 Å². The fourth-order valence-corrected chi connectivity index (χ4v) is 11.2. The number of nitro benzene ring substituents is 1. The number of amides is 1. The van der Waals surface area contributed by atoms with E-state index >= 15 is 0 Å². The Labute approximate surface area is 324 Å². The van der Waals surface area contributed by atoms with E-state index in [2.05, 4.69) is 54.3 Å². The molecule has 4 aliphatic rings. The minimum atomic E-state index is -0.530. The van der Waals surface area contributed by atoms with Gasteiger partial charge in [-0.1, -0.05) is 20.8 Å². The Kier molecular flexibility index (Phi) is 15.0. The van der Waals surface area contributed by atoms with E-state index in [1.54, 1.807) is 6.26 Å². The standard InChI is InChI=1S/C38H58N6O8.CH4S/c1-24(4-11-34(46)51-21-20-50-19-18-49-17-16-39)28-7-8-29-27-6-5-25-22-26(12-14-37(25,2)30(27)13-15-38(28,29)3)41-33(45)23-40-31-9-10-32(44(47)48)36-35(31)42-52-43-36;1-2/h9-10,24-30,40H,4-8,11-23,39H2,1-3H3,(H,41,45);2H,1H3/t24-,25?,26-,27?,28?,29?,30?,37?,38?;/m1./s1. The molecular weight excluding hydrogens is 713 g/mol. The number of nitrogens with two attached hydrogens (primary N) is 1. The molecule has 1 aromatic carbocycles. The van der Waals surface area contributed by atoms with Crippen molar-refractivity contribution in [3.8, 4) is 0 Å². The second kappa shape index (κ2) is 19.2. The number of nitrogens with zero attached hydrogens (tertiary/aromatic N) is 3. The average Bonchev–Trinajstić information content (AvgIpc) is 3.80. The lowest BCUT2D eigenvalue weighted by molar-refractivity contribution is -0.383. The maximum Gasteiger partial charge on any atom is 0.305 e. The van der Waals surface area contributed by atoms with Crippen LogP contribution < -0.4 is 16.4 Å². The van der Waals surface area contributed by atoms with E-state index in [0.717, 1.165) is 43.4 Å². The maximum atomic E-state index is 13.1. The van der Waals surface area contributed by atoms with E-state index < -0.39 is 4.92 Å². The highest BCUT2D eigenvalue weighted by Gasteiger charge is 2.60. The predicted octanol–water partition coefficient (Wildman–Crippen LogP) is 6.18. The van der Waals surface area contributed by atoms with Crippen LogP contribution >= 0.6 is 12.6 Å². The number of anilines is 1. The quantitative estimate of drug-likeness (QED) is 0.0469. The molecule has 15 heteroatoms. The number of nitrogens with one attached hydrogen (secondary N) is 2. The Morgan fingerprint density at radius 2 is 1.69 bits per heavy atom. The van der Waals surface area contributed by atoms with Crippen LogP contribution in [0.5, 0.6) is 0 Å². The van der Waals surface area contributed by atoms with E-state index in [0.29, 0.717) is 73.7 Å². The summed E-state index contributed by atoms with van der Waals surface area (Å²) in [6, 6.07) is 3.01. The number of carbonyl (C=O) groups excluding carboxylic acids is 2. The Balaban J connectivity index is 0.00000276. The van der Waals surface area contributed by atoms with Gasteiger partial charge in [0, 0.05) is 25.1 Å². The molecular formula is C39H62N6O8S. The molecule has 2 aromatic rings. The molecule has 0 aliphatic heterocycles. The molecule has 1 aromatic heterocycles. The van der Waals surface area contributed by atoms with Gasteiger partial charge < -0.3 is 30.6 Å². The normalized spacial score (nSPS) is 30.6. The number of benzene rings is 1. The van der Waals surface area contributed by atoms with Crippen LogP contribution in [0.2, 0.25) is 0 Å². The largest absolute Gasteiger partial charge is 0.463 e. The van der Waals surface area contributed by atoms with Crippen molar-refractivity contribution >= 4 is 46.9 Å². The van der Waals surface area contributed by atoms with Crippen LogP contribution in [0.1, 0.15) is 91.4 Å². The molecule has 9 atom stereocenters. The number of carbonyl (C=O) groups is 2. The van der Waals surface area contributed by atoms with E-state index in [1.807, 2.05) is 0 Å². The van der Waals surface area contributed by atoms with Crippen molar-refractivity contribution in [2.45, 2.75) is 97.4 Å². The smallest absolute Gasteiger partial charge is 0.305 e. The number of hydrogen-bond acceptors (Lipinski definition) is 13. The molecule has 0 spiro atoms. The molecule has 7 unspecified atom stereocenters. The second-order valence-electron chi connectivity index (χ2n) is 16.4. The summed E-state index contributed by atoms with van der Waals surface area (Å²) in [6.45, 7) is 10.1. The number of rotatable bonds is 17. The number of thiol groups is 1. The SMILES string of the molecule is CS.C[C@H](CCC(=O)OCCOCCOCCN)C1CCC2C3CCC4C[C@H](NC(=O)CNc5ccc([N+](=O)[O-])c6nonc56)CCC4(C)C3CCC21C. The molecule has 4 aliphatic carbocycles. The number of nitro groups is 1. The first-order valence-corrected chi connectivity index (χ1v) is 20.8. The van der Waals surface area contributed by atoms with E-state index in [-0.39, 0.29) is 47.8 Å². The molecule has 1 heterocycles. The van der Waals surface area contributed by atoms with Crippen LogP contribution in [0.15, 0.2) is 16.8 Å². The minimum absolute atomic E-state index is 0.0331. The number of non-ortho nitro benzene ring substituents is 1. The highest BCUT2D eigenvalue weighted by molar-refractivity contribution is 7.79. The van der Waals surface area contributed by atoms with Crippen LogP contribution in [0, 0.1) is 56.5 Å². The summed E-state index contributed by atoms with van der Waals surface area (Å²) < 4.78 is 20.9. The fraction of sp³-hybridized carbons (Fsp3) is 0.795. The molecule has 4 saturated carbocycles. The molecule has 4 fully saturated rings. The Morgan fingerprint density at radius 1 is 0.981 bits per heavy atom. The molecule has 4 N–H and O–H groups in total. The van der Waals surface area contributed by atoms with Crippen molar-refractivity contribution in [2.24, 2.45) is 52.1 Å². The van der Waals surface area contributed by atoms with Gasteiger partial charge in [0.05, 0.1) is 43.6 Å². The molecule has 1 amide bonds. The van der Waals surface area contributed by atoms with Crippen LogP contribution in [-0.4, -0.2) is 85.5 Å². The van der Waals surface area contributed by atoms with Gasteiger partial charge in [0.15, 0.2) is 5.52 Å². The van der Waals surface area contributed by atoms with Crippen LogP contribution in [0.3, 0.4) is 0 Å². The van der Waals surface area contributed by atoms with Crippen molar-refractivity contribution in [1.82, 2.24) is 15.6 Å². The Hall–Kier alpha value is -3.01. The average molecular weight is 775 g/mol. The van der Waals surface area contributed by atoms with Gasteiger partial charge in [0.2, 0.25) is 11.4 Å². The molecule has 14 nitrogen and oxygen atoms in total. The lowest BCUT2D eigenvalue weighted by atomic mass is 9.44. The number of fused-ring (bicyclic) bond motifs is 6. The summed E-state index contributed by atoms with van der Waals surface area (Å²) in [5.74, 6) is 3.69. The zero-order chi connectivity index (χ0) is 38.9. The van der Waals surface area contributed by atoms with Gasteiger partial charge in [-0.3, -0.25) is 19.7 Å². The lowest BCUT2D eigenvalue weighted by Crippen LogP contribution is -2.55. The molecule has 0 saturated heterocycles. The first-order chi connectivity index (χ1) is 26.0. The summed E-state index contributed by atoms with van der Waals surface area (Å²) in [5, 5.41) is 25.1. The Bertz CT molecular complexity index is 1560. The highest BCUT2D eigenvalue weighted by Crippen LogP contribution is 2.68. The van der Waals surface area contributed by atoms with Gasteiger partial charge in [0.25, 0.3) is 0 Å². The van der Waals surface area contributed by atoms with Gasteiger partial charge in [-0.25, -0.2) is 4.63 Å². The summed E-state index contributed by atoms with van der Waals surface area (Å²) in [6.07, 6.45) is 13.7. The predicted molar refractivity (Wildman–Crippen MR) is 209 cm³/mol. The number of aromatic nitrogens is 2. The summed E-state index contributed by atoms with van der Waals surface area (Å²) in [5.41, 5.74) is 6.59. The summed E-state index contributed by atoms with van der Waals surface area (Å²) >= 11 is 3.53. The van der Waals surface area contributed by atoms with Crippen molar-refractivity contribution < 1.29 is 33.4 Å². The van der Waals surface area contributed by atoms with Gasteiger partial charge in [-0.2, -0.15) is 12.6 Å². The molecule has 0 bridgehead atoms. The van der Waals surface area contributed by atoms with Crippen LogP contribution in [-0.2, 0) is 23.8 Å². The van der Waals surface area contributed by atoms with Crippen molar-refractivity contribution in [3.63, 3.8) is 0 Å². The third kappa shape index (κ3) is 9.33. The lowest BCUT2D eigenvalue weighted by Gasteiger charge is -2.61. The highest BCUT2D eigenvalue weighted by atomic mass is 32.1. The molecule has 0 radical (unpaired) electrons. The molecule has 302 valence electrons. The van der Waals surface area contributed by atoms with Gasteiger partial charge in [-0.15, -0.1) is 0 Å². The number of esters is 1. The van der Waals surface area contributed by atoms with Crippen molar-refractivity contribution in [2.75, 3.05) is 57.7 Å². The van der Waals surface area contributed by atoms with E-state index in [1.165, 1.54) is 50.7 Å². The minimum Gasteiger partial charge on any atom is -0.463 e. The zero-order valence-corrected chi connectivity index (χ0v) is 33.5. The van der Waals surface area contributed by atoms with Gasteiger partial charge in [0.1, 0.15) is 6.61 Å². The van der Waals surface area contributed by atoms with Crippen LogP contribution in [0.4, 0.5) is 11.4 Å². The second-order valence-corrected chi connectivity index (χ2v) is 16.4. The monoisotopic (exact) mass is 774 g/mol. The molecule has 54 heavy (non-hydrogen) atoms. The van der Waals surface area contributed by atoms with Crippen LogP contribution in [0.25, 0.3) is 11.0 Å². The first-order valence-electron chi connectivity index (χ1n) is 19.9. The maximum absolute atomic E-state index is 13.1. The molecule has 6 rings (SSSR count). The first kappa shape index (κ1) is 42.1. The van der Waals surface area contributed by atoms with Gasteiger partial charge in [-0.05, 0) is 133 Å².